The molecule has 2 aromatic rings. The number of ether oxygens (including phenoxy) is 1. The van der Waals surface area contributed by atoms with Crippen LogP contribution in [0, 0.1) is 0 Å². The smallest absolute Gasteiger partial charge is 0.248 e. The Kier molecular flexibility index (Phi) is 6.49. The van der Waals surface area contributed by atoms with Crippen LogP contribution in [0.4, 0.5) is 5.69 Å². The van der Waals surface area contributed by atoms with Gasteiger partial charge in [0.05, 0.1) is 17.7 Å². The number of amides is 1. The molecule has 1 N–H and O–H groups in total. The van der Waals surface area contributed by atoms with Crippen molar-refractivity contribution >= 4 is 27.7 Å². The number of anilines is 1. The average molecular weight is 400 g/mol. The summed E-state index contributed by atoms with van der Waals surface area (Å²) in [7, 11) is -2.11. The summed E-state index contributed by atoms with van der Waals surface area (Å²) in [6, 6.07) is 14.0. The Morgan fingerprint density at radius 2 is 1.79 bits per heavy atom. The molecule has 7 heteroatoms. The van der Waals surface area contributed by atoms with Crippen LogP contribution in [0.5, 0.6) is 5.75 Å². The highest BCUT2D eigenvalue weighted by Crippen LogP contribution is 2.30. The zero-order chi connectivity index (χ0) is 20.0. The van der Waals surface area contributed by atoms with E-state index in [2.05, 4.69) is 5.32 Å². The van der Waals surface area contributed by atoms with Crippen molar-refractivity contribution in [3.63, 3.8) is 0 Å². The molecule has 0 atom stereocenters. The number of piperidine rings is 1. The van der Waals surface area contributed by atoms with Crippen molar-refractivity contribution in [2.24, 2.45) is 0 Å². The van der Waals surface area contributed by atoms with E-state index in [1.165, 1.54) is 29.6 Å². The quantitative estimate of drug-likeness (QED) is 0.753. The fraction of sp³-hybridized carbons (Fsp3) is 0.286. The van der Waals surface area contributed by atoms with Gasteiger partial charge in [-0.1, -0.05) is 36.8 Å². The first-order valence-corrected chi connectivity index (χ1v) is 10.7. The third-order valence-corrected chi connectivity index (χ3v) is 6.51. The van der Waals surface area contributed by atoms with E-state index in [0.29, 0.717) is 24.5 Å². The molecule has 0 spiro atoms. The molecule has 1 saturated heterocycles. The maximum Gasteiger partial charge on any atom is 0.248 e. The van der Waals surface area contributed by atoms with E-state index >= 15 is 0 Å². The first-order valence-electron chi connectivity index (χ1n) is 9.23. The molecule has 3 rings (SSSR count). The van der Waals surface area contributed by atoms with Crippen LogP contribution < -0.4 is 10.1 Å². The minimum Gasteiger partial charge on any atom is -0.495 e. The van der Waals surface area contributed by atoms with Crippen LogP contribution in [0.15, 0.2) is 59.5 Å². The van der Waals surface area contributed by atoms with Crippen LogP contribution in [-0.2, 0) is 14.8 Å². The number of carbonyl (C=O) groups excluding carboxylic acids is 1. The Morgan fingerprint density at radius 3 is 2.46 bits per heavy atom. The minimum atomic E-state index is -3.56. The highest BCUT2D eigenvalue weighted by molar-refractivity contribution is 7.89. The number of rotatable bonds is 6. The van der Waals surface area contributed by atoms with Gasteiger partial charge in [0.1, 0.15) is 5.75 Å². The van der Waals surface area contributed by atoms with Crippen molar-refractivity contribution in [3.8, 4) is 5.75 Å². The Labute approximate surface area is 165 Å². The van der Waals surface area contributed by atoms with E-state index < -0.39 is 10.0 Å². The second-order valence-corrected chi connectivity index (χ2v) is 8.50. The van der Waals surface area contributed by atoms with Gasteiger partial charge in [-0.25, -0.2) is 8.42 Å². The van der Waals surface area contributed by atoms with Crippen molar-refractivity contribution in [2.75, 3.05) is 25.5 Å². The van der Waals surface area contributed by atoms with Gasteiger partial charge in [0.2, 0.25) is 15.9 Å². The molecule has 0 aromatic heterocycles. The third-order valence-electron chi connectivity index (χ3n) is 4.61. The fourth-order valence-electron chi connectivity index (χ4n) is 3.10. The number of sulfonamides is 1. The van der Waals surface area contributed by atoms with Gasteiger partial charge >= 0.3 is 0 Å². The molecule has 0 saturated carbocycles. The highest BCUT2D eigenvalue weighted by Gasteiger charge is 2.26. The van der Waals surface area contributed by atoms with Crippen molar-refractivity contribution in [1.29, 1.82) is 0 Å². The lowest BCUT2D eigenvalue weighted by Gasteiger charge is -2.26. The molecule has 1 amide bonds. The van der Waals surface area contributed by atoms with Crippen molar-refractivity contribution in [3.05, 3.63) is 60.2 Å². The predicted molar refractivity (Wildman–Crippen MR) is 110 cm³/mol. The average Bonchev–Trinajstić information content (AvgIpc) is 2.74. The summed E-state index contributed by atoms with van der Waals surface area (Å²) < 4.78 is 32.5. The van der Waals surface area contributed by atoms with Gasteiger partial charge in [0, 0.05) is 25.2 Å². The first-order chi connectivity index (χ1) is 13.5. The predicted octanol–water partition coefficient (Wildman–Crippen LogP) is 3.52. The fourth-order valence-corrected chi connectivity index (χ4v) is 4.63. The van der Waals surface area contributed by atoms with Gasteiger partial charge in [-0.15, -0.1) is 0 Å². The highest BCUT2D eigenvalue weighted by atomic mass is 32.2. The summed E-state index contributed by atoms with van der Waals surface area (Å²) in [4.78, 5) is 12.4. The molecule has 28 heavy (non-hydrogen) atoms. The van der Waals surface area contributed by atoms with Gasteiger partial charge in [0.25, 0.3) is 0 Å². The maximum atomic E-state index is 12.8. The molecule has 148 valence electrons. The van der Waals surface area contributed by atoms with Crippen LogP contribution in [0.25, 0.3) is 6.08 Å². The lowest BCUT2D eigenvalue weighted by molar-refractivity contribution is -0.111. The topological polar surface area (TPSA) is 75.7 Å². The Hall–Kier alpha value is -2.64. The largest absolute Gasteiger partial charge is 0.495 e. The summed E-state index contributed by atoms with van der Waals surface area (Å²) in [5.41, 5.74) is 1.33. The minimum absolute atomic E-state index is 0.170. The van der Waals surface area contributed by atoms with E-state index in [1.54, 1.807) is 12.1 Å². The molecule has 1 fully saturated rings. The molecule has 0 aliphatic carbocycles. The lowest BCUT2D eigenvalue weighted by Crippen LogP contribution is -2.35. The molecule has 2 aromatic carbocycles. The molecule has 6 nitrogen and oxygen atoms in total. The number of hydrogen-bond donors (Lipinski definition) is 1. The SMILES string of the molecule is COc1cc(S(=O)(=O)N2CCCCC2)ccc1NC(=O)C=Cc1ccccc1. The van der Waals surface area contributed by atoms with E-state index in [9.17, 15) is 13.2 Å². The van der Waals surface area contributed by atoms with Gasteiger partial charge in [-0.05, 0) is 36.6 Å². The number of hydrogen-bond acceptors (Lipinski definition) is 4. The van der Waals surface area contributed by atoms with E-state index in [1.807, 2.05) is 30.3 Å². The van der Waals surface area contributed by atoms with Gasteiger partial charge in [0.15, 0.2) is 0 Å². The molecule has 0 bridgehead atoms. The van der Waals surface area contributed by atoms with Crippen LogP contribution >= 0.6 is 0 Å². The van der Waals surface area contributed by atoms with E-state index in [4.69, 9.17) is 4.74 Å². The molecular formula is C21H24N2O4S. The monoisotopic (exact) mass is 400 g/mol. The Bertz CT molecular complexity index is 950. The van der Waals surface area contributed by atoms with Gasteiger partial charge in [-0.2, -0.15) is 4.31 Å². The van der Waals surface area contributed by atoms with Crippen molar-refractivity contribution in [1.82, 2.24) is 4.31 Å². The van der Waals surface area contributed by atoms with E-state index in [-0.39, 0.29) is 10.8 Å². The number of methoxy groups -OCH3 is 1. The Balaban J connectivity index is 1.76. The summed E-state index contributed by atoms with van der Waals surface area (Å²) in [5, 5.41) is 2.73. The number of nitrogens with zero attached hydrogens (tertiary/aromatic N) is 1. The normalized spacial score (nSPS) is 15.5. The van der Waals surface area contributed by atoms with Crippen LogP contribution in [0.2, 0.25) is 0 Å². The molecular weight excluding hydrogens is 376 g/mol. The number of nitrogens with one attached hydrogen (secondary N) is 1. The first kappa shape index (κ1) is 20.1. The zero-order valence-corrected chi connectivity index (χ0v) is 16.6. The van der Waals surface area contributed by atoms with E-state index in [0.717, 1.165) is 24.8 Å². The number of benzene rings is 2. The summed E-state index contributed by atoms with van der Waals surface area (Å²) in [5.74, 6) is -0.0201. The molecule has 1 aliphatic heterocycles. The Morgan fingerprint density at radius 1 is 1.07 bits per heavy atom. The molecule has 0 radical (unpaired) electrons. The van der Waals surface area contributed by atoms with Crippen LogP contribution in [0.3, 0.4) is 0 Å². The summed E-state index contributed by atoms with van der Waals surface area (Å²) in [6.07, 6.45) is 5.93. The lowest BCUT2D eigenvalue weighted by atomic mass is 10.2. The summed E-state index contributed by atoms with van der Waals surface area (Å²) in [6.45, 7) is 1.07. The zero-order valence-electron chi connectivity index (χ0n) is 15.8. The second-order valence-electron chi connectivity index (χ2n) is 6.56. The number of carbonyl (C=O) groups is 1. The van der Waals surface area contributed by atoms with Crippen LogP contribution in [0.1, 0.15) is 24.8 Å². The van der Waals surface area contributed by atoms with Gasteiger partial charge < -0.3 is 10.1 Å². The standard InChI is InChI=1S/C21H24N2O4S/c1-27-20-16-18(28(25,26)23-14-6-3-7-15-23)11-12-19(20)22-21(24)13-10-17-8-4-2-5-9-17/h2,4-5,8-13,16H,3,6-7,14-15H2,1H3,(H,22,24). The molecule has 1 heterocycles. The summed E-state index contributed by atoms with van der Waals surface area (Å²) >= 11 is 0. The van der Waals surface area contributed by atoms with Gasteiger partial charge in [-0.3, -0.25) is 4.79 Å². The van der Waals surface area contributed by atoms with Crippen molar-refractivity contribution in [2.45, 2.75) is 24.2 Å². The molecule has 1 aliphatic rings. The third kappa shape index (κ3) is 4.79. The second kappa shape index (κ2) is 9.03. The van der Waals surface area contributed by atoms with Crippen LogP contribution in [-0.4, -0.2) is 38.8 Å². The maximum absolute atomic E-state index is 12.8. The van der Waals surface area contributed by atoms with Crippen molar-refractivity contribution < 1.29 is 17.9 Å². The molecule has 0 unspecified atom stereocenters.